The summed E-state index contributed by atoms with van der Waals surface area (Å²) >= 11 is 3.28. The molecule has 1 aromatic rings. The van der Waals surface area contributed by atoms with Crippen molar-refractivity contribution in [1.82, 2.24) is 4.90 Å². The Morgan fingerprint density at radius 1 is 1.42 bits per heavy atom. The quantitative estimate of drug-likeness (QED) is 0.799. The van der Waals surface area contributed by atoms with Gasteiger partial charge in [-0.2, -0.15) is 0 Å². The Labute approximate surface area is 120 Å². The molecule has 1 saturated heterocycles. The van der Waals surface area contributed by atoms with Crippen molar-refractivity contribution in [3.8, 4) is 5.75 Å². The first kappa shape index (κ1) is 14.1. The van der Waals surface area contributed by atoms with Crippen LogP contribution in [0.25, 0.3) is 0 Å². The van der Waals surface area contributed by atoms with E-state index in [4.69, 9.17) is 4.74 Å². The van der Waals surface area contributed by atoms with E-state index in [-0.39, 0.29) is 5.91 Å². The highest BCUT2D eigenvalue weighted by Crippen LogP contribution is 2.22. The van der Waals surface area contributed by atoms with E-state index < -0.39 is 6.10 Å². The van der Waals surface area contributed by atoms with Crippen molar-refractivity contribution in [1.29, 1.82) is 0 Å². The van der Waals surface area contributed by atoms with Gasteiger partial charge in [0.15, 0.2) is 12.4 Å². The molecular weight excluding hydrogens is 310 g/mol. The number of carbonyl (C=O) groups excluding carboxylic acids is 2. The van der Waals surface area contributed by atoms with Gasteiger partial charge in [0.25, 0.3) is 5.91 Å². The van der Waals surface area contributed by atoms with Crippen LogP contribution in [-0.4, -0.2) is 36.3 Å². The minimum Gasteiger partial charge on any atom is -0.481 e. The Kier molecular flexibility index (Phi) is 4.58. The Morgan fingerprint density at radius 2 is 2.11 bits per heavy atom. The summed E-state index contributed by atoms with van der Waals surface area (Å²) in [6.45, 7) is 3.36. The lowest BCUT2D eigenvalue weighted by Gasteiger charge is -2.21. The van der Waals surface area contributed by atoms with Gasteiger partial charge in [-0.15, -0.1) is 0 Å². The van der Waals surface area contributed by atoms with Crippen LogP contribution in [0.5, 0.6) is 5.75 Å². The van der Waals surface area contributed by atoms with Gasteiger partial charge in [-0.05, 0) is 38.0 Å². The van der Waals surface area contributed by atoms with Crippen molar-refractivity contribution in [3.63, 3.8) is 0 Å². The summed E-state index contributed by atoms with van der Waals surface area (Å²) in [7, 11) is 0. The predicted octanol–water partition coefficient (Wildman–Crippen LogP) is 2.65. The lowest BCUT2D eigenvalue weighted by molar-refractivity contribution is -0.136. The molecule has 0 bridgehead atoms. The van der Waals surface area contributed by atoms with Crippen LogP contribution in [0.1, 0.15) is 30.1 Å². The van der Waals surface area contributed by atoms with Crippen molar-refractivity contribution < 1.29 is 14.3 Å². The summed E-state index contributed by atoms with van der Waals surface area (Å²) in [4.78, 5) is 24.8. The zero-order valence-corrected chi connectivity index (χ0v) is 12.4. The van der Waals surface area contributed by atoms with Crippen molar-refractivity contribution in [3.05, 3.63) is 28.2 Å². The third-order valence-electron chi connectivity index (χ3n) is 3.17. The first-order valence-electron chi connectivity index (χ1n) is 6.32. The molecule has 1 atom stereocenters. The molecule has 1 aliphatic heterocycles. The fraction of sp³-hybridized carbons (Fsp3) is 0.429. The van der Waals surface area contributed by atoms with Gasteiger partial charge in [-0.3, -0.25) is 9.59 Å². The molecule has 1 aromatic carbocycles. The molecule has 0 aliphatic carbocycles. The molecule has 102 valence electrons. The molecule has 1 fully saturated rings. The number of ether oxygens (including phenoxy) is 1. The fourth-order valence-corrected chi connectivity index (χ4v) is 2.47. The lowest BCUT2D eigenvalue weighted by atomic mass is 10.2. The van der Waals surface area contributed by atoms with E-state index in [0.29, 0.717) is 15.8 Å². The largest absolute Gasteiger partial charge is 0.481 e. The van der Waals surface area contributed by atoms with Gasteiger partial charge in [0.1, 0.15) is 5.75 Å². The van der Waals surface area contributed by atoms with E-state index in [1.165, 1.54) is 0 Å². The van der Waals surface area contributed by atoms with Crippen LogP contribution in [0.15, 0.2) is 22.7 Å². The van der Waals surface area contributed by atoms with Crippen molar-refractivity contribution in [2.75, 3.05) is 13.1 Å². The maximum absolute atomic E-state index is 12.1. The Morgan fingerprint density at radius 3 is 2.74 bits per heavy atom. The smallest absolute Gasteiger partial charge is 0.263 e. The van der Waals surface area contributed by atoms with Gasteiger partial charge in [-0.25, -0.2) is 0 Å². The molecular formula is C14H16BrNO3. The molecule has 0 N–H and O–H groups in total. The molecule has 1 heterocycles. The maximum atomic E-state index is 12.1. The number of hydrogen-bond donors (Lipinski definition) is 0. The molecule has 1 amide bonds. The second-order valence-electron chi connectivity index (χ2n) is 4.59. The highest BCUT2D eigenvalue weighted by atomic mass is 79.9. The van der Waals surface area contributed by atoms with Crippen molar-refractivity contribution in [2.45, 2.75) is 25.9 Å². The first-order chi connectivity index (χ1) is 9.11. The lowest BCUT2D eigenvalue weighted by Crippen LogP contribution is -2.38. The van der Waals surface area contributed by atoms with E-state index >= 15 is 0 Å². The minimum atomic E-state index is -0.529. The van der Waals surface area contributed by atoms with Crippen LogP contribution in [0.4, 0.5) is 0 Å². The van der Waals surface area contributed by atoms with Crippen molar-refractivity contribution >= 4 is 28.1 Å². The summed E-state index contributed by atoms with van der Waals surface area (Å²) in [6, 6.07) is 5.11. The number of rotatable bonds is 4. The third kappa shape index (κ3) is 3.35. The standard InChI is InChI=1S/C14H16BrNO3/c1-10(14(18)16-6-2-3-7-16)19-12-4-5-13(15)11(8-12)9-17/h4-5,8-10H,2-3,6-7H2,1H3. The maximum Gasteiger partial charge on any atom is 0.263 e. The SMILES string of the molecule is CC(Oc1ccc(Br)c(C=O)c1)C(=O)N1CCCC1. The zero-order valence-electron chi connectivity index (χ0n) is 10.8. The zero-order chi connectivity index (χ0) is 13.8. The van der Waals surface area contributed by atoms with E-state index in [2.05, 4.69) is 15.9 Å². The van der Waals surface area contributed by atoms with Crippen LogP contribution in [-0.2, 0) is 4.79 Å². The first-order valence-corrected chi connectivity index (χ1v) is 7.11. The fourth-order valence-electron chi connectivity index (χ4n) is 2.13. The summed E-state index contributed by atoms with van der Waals surface area (Å²) in [5.41, 5.74) is 0.512. The summed E-state index contributed by atoms with van der Waals surface area (Å²) in [5, 5.41) is 0. The summed E-state index contributed by atoms with van der Waals surface area (Å²) in [6.07, 6.45) is 2.35. The predicted molar refractivity (Wildman–Crippen MR) is 75.4 cm³/mol. The monoisotopic (exact) mass is 325 g/mol. The molecule has 1 unspecified atom stereocenters. The Balaban J connectivity index is 2.03. The van der Waals surface area contributed by atoms with Crippen LogP contribution >= 0.6 is 15.9 Å². The minimum absolute atomic E-state index is 0.00747. The summed E-state index contributed by atoms with van der Waals surface area (Å²) in [5.74, 6) is 0.540. The number of likely N-dealkylation sites (tertiary alicyclic amines) is 1. The van der Waals surface area contributed by atoms with Crippen LogP contribution in [0.3, 0.4) is 0 Å². The molecule has 0 aromatic heterocycles. The second-order valence-corrected chi connectivity index (χ2v) is 5.45. The van der Waals surface area contributed by atoms with E-state index in [9.17, 15) is 9.59 Å². The Hall–Kier alpha value is -1.36. The number of halogens is 1. The van der Waals surface area contributed by atoms with Gasteiger partial charge in [0, 0.05) is 23.1 Å². The van der Waals surface area contributed by atoms with Crippen molar-refractivity contribution in [2.24, 2.45) is 0 Å². The van der Waals surface area contributed by atoms with E-state index in [0.717, 1.165) is 32.2 Å². The number of benzene rings is 1. The highest BCUT2D eigenvalue weighted by Gasteiger charge is 2.24. The number of aldehydes is 1. The molecule has 19 heavy (non-hydrogen) atoms. The molecule has 0 radical (unpaired) electrons. The number of nitrogens with zero attached hydrogens (tertiary/aromatic N) is 1. The van der Waals surface area contributed by atoms with Crippen LogP contribution in [0.2, 0.25) is 0 Å². The molecule has 2 rings (SSSR count). The molecule has 5 heteroatoms. The van der Waals surface area contributed by atoms with Crippen LogP contribution < -0.4 is 4.74 Å². The van der Waals surface area contributed by atoms with Gasteiger partial charge < -0.3 is 9.64 Å². The molecule has 1 aliphatic rings. The summed E-state index contributed by atoms with van der Waals surface area (Å²) < 4.78 is 6.33. The van der Waals surface area contributed by atoms with E-state index in [1.807, 2.05) is 4.90 Å². The highest BCUT2D eigenvalue weighted by molar-refractivity contribution is 9.10. The topological polar surface area (TPSA) is 46.6 Å². The molecule has 4 nitrogen and oxygen atoms in total. The average molecular weight is 326 g/mol. The third-order valence-corrected chi connectivity index (χ3v) is 3.89. The second kappa shape index (κ2) is 6.19. The number of amides is 1. The number of carbonyl (C=O) groups is 2. The van der Waals surface area contributed by atoms with E-state index in [1.54, 1.807) is 25.1 Å². The van der Waals surface area contributed by atoms with Gasteiger partial charge in [0.2, 0.25) is 0 Å². The van der Waals surface area contributed by atoms with Gasteiger partial charge >= 0.3 is 0 Å². The molecule has 0 spiro atoms. The van der Waals surface area contributed by atoms with Gasteiger partial charge in [-0.1, -0.05) is 15.9 Å². The normalized spacial score (nSPS) is 16.2. The van der Waals surface area contributed by atoms with Crippen LogP contribution in [0, 0.1) is 0 Å². The molecule has 0 saturated carbocycles. The van der Waals surface area contributed by atoms with Gasteiger partial charge in [0.05, 0.1) is 0 Å². The Bertz CT molecular complexity index is 484. The number of hydrogen-bond acceptors (Lipinski definition) is 3. The average Bonchev–Trinajstić information content (AvgIpc) is 2.94.